The fourth-order valence-corrected chi connectivity index (χ4v) is 1.38. The number of hydrogen-bond acceptors (Lipinski definition) is 3. The molecule has 0 aliphatic carbocycles. The van der Waals surface area contributed by atoms with Crippen molar-refractivity contribution in [2.24, 2.45) is 0 Å². The first-order valence-electron chi connectivity index (χ1n) is 6.40. The van der Waals surface area contributed by atoms with E-state index < -0.39 is 0 Å². The molecule has 0 radical (unpaired) electrons. The second kappa shape index (κ2) is 10.1. The van der Waals surface area contributed by atoms with Crippen molar-refractivity contribution in [1.29, 1.82) is 0 Å². The van der Waals surface area contributed by atoms with Gasteiger partial charge in [0.2, 0.25) is 0 Å². The van der Waals surface area contributed by atoms with Crippen LogP contribution in [-0.2, 0) is 9.47 Å². The summed E-state index contributed by atoms with van der Waals surface area (Å²) in [7, 11) is 3.75. The average molecular weight is 231 g/mol. The Hall–Kier alpha value is -0.120. The highest BCUT2D eigenvalue weighted by atomic mass is 16.5. The molecule has 98 valence electrons. The summed E-state index contributed by atoms with van der Waals surface area (Å²) in [5.41, 5.74) is -0.0488. The summed E-state index contributed by atoms with van der Waals surface area (Å²) in [6.45, 7) is 7.00. The van der Waals surface area contributed by atoms with Crippen LogP contribution in [0.1, 0.15) is 46.0 Å². The molecule has 0 saturated carbocycles. The summed E-state index contributed by atoms with van der Waals surface area (Å²) in [6.07, 6.45) is 5.98. The van der Waals surface area contributed by atoms with Gasteiger partial charge in [-0.1, -0.05) is 12.8 Å². The zero-order chi connectivity index (χ0) is 12.3. The first-order valence-corrected chi connectivity index (χ1v) is 6.40. The molecular formula is C13H29NO2. The van der Waals surface area contributed by atoms with Gasteiger partial charge in [-0.15, -0.1) is 0 Å². The summed E-state index contributed by atoms with van der Waals surface area (Å²) in [5.74, 6) is 0. The van der Waals surface area contributed by atoms with Crippen molar-refractivity contribution in [1.82, 2.24) is 5.32 Å². The van der Waals surface area contributed by atoms with Gasteiger partial charge in [-0.3, -0.25) is 0 Å². The molecular weight excluding hydrogens is 202 g/mol. The molecule has 0 aromatic carbocycles. The zero-order valence-corrected chi connectivity index (χ0v) is 11.5. The summed E-state index contributed by atoms with van der Waals surface area (Å²) >= 11 is 0. The third-order valence-electron chi connectivity index (χ3n) is 2.87. The van der Waals surface area contributed by atoms with Crippen molar-refractivity contribution < 1.29 is 9.47 Å². The van der Waals surface area contributed by atoms with Crippen molar-refractivity contribution in [3.05, 3.63) is 0 Å². The largest absolute Gasteiger partial charge is 0.381 e. The Morgan fingerprint density at radius 3 is 2.31 bits per heavy atom. The highest BCUT2D eigenvalue weighted by Crippen LogP contribution is 2.12. The molecule has 0 bridgehead atoms. The van der Waals surface area contributed by atoms with Gasteiger partial charge in [0.05, 0.1) is 5.60 Å². The van der Waals surface area contributed by atoms with E-state index in [0.717, 1.165) is 26.2 Å². The van der Waals surface area contributed by atoms with Crippen LogP contribution in [0.25, 0.3) is 0 Å². The first-order chi connectivity index (χ1) is 7.62. The van der Waals surface area contributed by atoms with Crippen LogP contribution in [0, 0.1) is 0 Å². The predicted octanol–water partition coefficient (Wildman–Crippen LogP) is 2.60. The standard InChI is InChI=1S/C13H29NO2/c1-13(2,15-4)9-12-16-11-8-6-5-7-10-14-3/h14H,5-12H2,1-4H3. The van der Waals surface area contributed by atoms with Crippen molar-refractivity contribution >= 4 is 0 Å². The molecule has 0 amide bonds. The number of unbranched alkanes of at least 4 members (excludes halogenated alkanes) is 3. The molecule has 16 heavy (non-hydrogen) atoms. The van der Waals surface area contributed by atoms with Gasteiger partial charge in [0.1, 0.15) is 0 Å². The normalized spacial score (nSPS) is 12.0. The van der Waals surface area contributed by atoms with Crippen LogP contribution in [0.4, 0.5) is 0 Å². The summed E-state index contributed by atoms with van der Waals surface area (Å²) in [4.78, 5) is 0. The Balaban J connectivity index is 3.10. The lowest BCUT2D eigenvalue weighted by atomic mass is 10.1. The Morgan fingerprint density at radius 1 is 1.00 bits per heavy atom. The van der Waals surface area contributed by atoms with E-state index >= 15 is 0 Å². The molecule has 0 spiro atoms. The number of ether oxygens (including phenoxy) is 2. The van der Waals surface area contributed by atoms with Gasteiger partial charge in [0, 0.05) is 20.3 Å². The molecule has 0 fully saturated rings. The van der Waals surface area contributed by atoms with Crippen LogP contribution in [0.2, 0.25) is 0 Å². The van der Waals surface area contributed by atoms with E-state index in [1.165, 1.54) is 25.7 Å². The Kier molecular flexibility index (Phi) is 9.99. The van der Waals surface area contributed by atoms with Crippen LogP contribution in [0.3, 0.4) is 0 Å². The molecule has 0 heterocycles. The molecule has 3 heteroatoms. The second-order valence-electron chi connectivity index (χ2n) is 4.84. The smallest absolute Gasteiger partial charge is 0.0644 e. The lowest BCUT2D eigenvalue weighted by Gasteiger charge is -2.22. The molecule has 0 aromatic heterocycles. The topological polar surface area (TPSA) is 30.5 Å². The van der Waals surface area contributed by atoms with Crippen LogP contribution >= 0.6 is 0 Å². The molecule has 0 rings (SSSR count). The minimum atomic E-state index is -0.0488. The minimum Gasteiger partial charge on any atom is -0.381 e. The average Bonchev–Trinajstić information content (AvgIpc) is 2.27. The lowest BCUT2D eigenvalue weighted by Crippen LogP contribution is -2.24. The summed E-state index contributed by atoms with van der Waals surface area (Å²) in [5, 5.41) is 3.16. The Morgan fingerprint density at radius 2 is 1.69 bits per heavy atom. The van der Waals surface area contributed by atoms with Crippen molar-refractivity contribution in [3.63, 3.8) is 0 Å². The first kappa shape index (κ1) is 15.9. The van der Waals surface area contributed by atoms with Crippen LogP contribution < -0.4 is 5.32 Å². The van der Waals surface area contributed by atoms with E-state index in [2.05, 4.69) is 19.2 Å². The molecule has 0 aliphatic heterocycles. The maximum absolute atomic E-state index is 5.58. The van der Waals surface area contributed by atoms with Crippen LogP contribution in [0.15, 0.2) is 0 Å². The van der Waals surface area contributed by atoms with Gasteiger partial charge in [-0.2, -0.15) is 0 Å². The molecule has 0 atom stereocenters. The number of methoxy groups -OCH3 is 1. The number of rotatable bonds is 11. The van der Waals surface area contributed by atoms with E-state index in [0.29, 0.717) is 0 Å². The van der Waals surface area contributed by atoms with Crippen LogP contribution in [0.5, 0.6) is 0 Å². The van der Waals surface area contributed by atoms with Gasteiger partial charge in [0.15, 0.2) is 0 Å². The predicted molar refractivity (Wildman–Crippen MR) is 68.9 cm³/mol. The molecule has 0 saturated heterocycles. The fourth-order valence-electron chi connectivity index (χ4n) is 1.38. The molecule has 0 aliphatic rings. The quantitative estimate of drug-likeness (QED) is 0.554. The van der Waals surface area contributed by atoms with Crippen LogP contribution in [-0.4, -0.2) is 39.5 Å². The number of nitrogens with one attached hydrogen (secondary N) is 1. The summed E-state index contributed by atoms with van der Waals surface area (Å²) in [6, 6.07) is 0. The molecule has 0 unspecified atom stereocenters. The Bertz CT molecular complexity index is 149. The van der Waals surface area contributed by atoms with Crippen molar-refractivity contribution in [2.75, 3.05) is 33.9 Å². The molecule has 0 aromatic rings. The van der Waals surface area contributed by atoms with E-state index in [4.69, 9.17) is 9.47 Å². The SMILES string of the molecule is CNCCCCCCOCCC(C)(C)OC. The van der Waals surface area contributed by atoms with Crippen molar-refractivity contribution in [2.45, 2.75) is 51.6 Å². The molecule has 3 nitrogen and oxygen atoms in total. The van der Waals surface area contributed by atoms with Gasteiger partial charge in [-0.25, -0.2) is 0 Å². The number of hydrogen-bond donors (Lipinski definition) is 1. The maximum atomic E-state index is 5.58. The molecule has 1 N–H and O–H groups in total. The van der Waals surface area contributed by atoms with E-state index in [1.54, 1.807) is 7.11 Å². The monoisotopic (exact) mass is 231 g/mol. The van der Waals surface area contributed by atoms with Gasteiger partial charge in [-0.05, 0) is 46.7 Å². The highest BCUT2D eigenvalue weighted by molar-refractivity contribution is 4.66. The zero-order valence-electron chi connectivity index (χ0n) is 11.5. The third kappa shape index (κ3) is 10.4. The minimum absolute atomic E-state index is 0.0488. The van der Waals surface area contributed by atoms with Crippen molar-refractivity contribution in [3.8, 4) is 0 Å². The maximum Gasteiger partial charge on any atom is 0.0644 e. The van der Waals surface area contributed by atoms with Gasteiger partial charge < -0.3 is 14.8 Å². The lowest BCUT2D eigenvalue weighted by molar-refractivity contribution is -0.0101. The second-order valence-corrected chi connectivity index (χ2v) is 4.84. The summed E-state index contributed by atoms with van der Waals surface area (Å²) < 4.78 is 10.9. The van der Waals surface area contributed by atoms with E-state index in [-0.39, 0.29) is 5.60 Å². The third-order valence-corrected chi connectivity index (χ3v) is 2.87. The van der Waals surface area contributed by atoms with E-state index in [9.17, 15) is 0 Å². The fraction of sp³-hybridized carbons (Fsp3) is 1.00. The Labute approximate surface area is 101 Å². The highest BCUT2D eigenvalue weighted by Gasteiger charge is 2.15. The van der Waals surface area contributed by atoms with E-state index in [1.807, 2.05) is 7.05 Å². The van der Waals surface area contributed by atoms with Gasteiger partial charge in [0.25, 0.3) is 0 Å². The van der Waals surface area contributed by atoms with Gasteiger partial charge >= 0.3 is 0 Å².